The summed E-state index contributed by atoms with van der Waals surface area (Å²) in [6.45, 7) is 2.90. The van der Waals surface area contributed by atoms with Gasteiger partial charge in [0, 0.05) is 16.1 Å². The van der Waals surface area contributed by atoms with E-state index in [4.69, 9.17) is 4.74 Å². The third-order valence-corrected chi connectivity index (χ3v) is 4.57. The van der Waals surface area contributed by atoms with Crippen LogP contribution in [0.15, 0.2) is 41.8 Å². The monoisotopic (exact) mass is 316 g/mol. The summed E-state index contributed by atoms with van der Waals surface area (Å²) in [5.74, 6) is -0.128. The fourth-order valence-electron chi connectivity index (χ4n) is 2.31. The van der Waals surface area contributed by atoms with E-state index in [2.05, 4.69) is 5.32 Å². The molecule has 0 radical (unpaired) electrons. The molecular weight excluding hydrogens is 300 g/mol. The third kappa shape index (κ3) is 2.96. The van der Waals surface area contributed by atoms with Gasteiger partial charge in [0.15, 0.2) is 0 Å². The van der Waals surface area contributed by atoms with Gasteiger partial charge in [-0.15, -0.1) is 11.3 Å². The fourth-order valence-corrected chi connectivity index (χ4v) is 3.04. The largest absolute Gasteiger partial charge is 0.447 e. The molecule has 2 aromatic rings. The molecule has 1 aromatic carbocycles. The van der Waals surface area contributed by atoms with Gasteiger partial charge in [-0.3, -0.25) is 9.69 Å². The van der Waals surface area contributed by atoms with E-state index in [0.29, 0.717) is 18.7 Å². The molecule has 114 valence electrons. The molecule has 5 nitrogen and oxygen atoms in total. The lowest BCUT2D eigenvalue weighted by Crippen LogP contribution is -2.26. The Bertz CT molecular complexity index is 667. The zero-order valence-electron chi connectivity index (χ0n) is 12.1. The molecule has 1 fully saturated rings. The van der Waals surface area contributed by atoms with Crippen molar-refractivity contribution >= 4 is 29.0 Å². The van der Waals surface area contributed by atoms with Crippen molar-refractivity contribution in [2.24, 2.45) is 0 Å². The standard InChI is InChI=1S/C16H16N2O3S/c1-11(14-3-2-10-22-14)17-15(19)12-4-6-13(7-5-12)18-8-9-21-16(18)20/h2-7,10-11H,8-9H2,1H3,(H,17,19)/t11-/m0/s1. The quantitative estimate of drug-likeness (QED) is 0.942. The molecule has 1 aromatic heterocycles. The fraction of sp³-hybridized carbons (Fsp3) is 0.250. The van der Waals surface area contributed by atoms with Gasteiger partial charge in [-0.1, -0.05) is 6.07 Å². The van der Waals surface area contributed by atoms with Crippen molar-refractivity contribution in [2.45, 2.75) is 13.0 Å². The maximum atomic E-state index is 12.2. The topological polar surface area (TPSA) is 58.6 Å². The molecule has 0 bridgehead atoms. The van der Waals surface area contributed by atoms with E-state index in [-0.39, 0.29) is 18.0 Å². The molecule has 1 saturated heterocycles. The van der Waals surface area contributed by atoms with Gasteiger partial charge >= 0.3 is 6.09 Å². The van der Waals surface area contributed by atoms with Crippen LogP contribution in [-0.4, -0.2) is 25.2 Å². The van der Waals surface area contributed by atoms with Crippen LogP contribution in [0.4, 0.5) is 10.5 Å². The Morgan fingerprint density at radius 1 is 1.32 bits per heavy atom. The molecule has 0 spiro atoms. The molecule has 2 heterocycles. The smallest absolute Gasteiger partial charge is 0.414 e. The first-order chi connectivity index (χ1) is 10.6. The van der Waals surface area contributed by atoms with Crippen molar-refractivity contribution in [3.05, 3.63) is 52.2 Å². The van der Waals surface area contributed by atoms with Gasteiger partial charge in [-0.25, -0.2) is 4.79 Å². The number of nitrogens with zero attached hydrogens (tertiary/aromatic N) is 1. The van der Waals surface area contributed by atoms with E-state index in [9.17, 15) is 9.59 Å². The molecule has 0 unspecified atom stereocenters. The Hall–Kier alpha value is -2.34. The van der Waals surface area contributed by atoms with Crippen molar-refractivity contribution in [3.8, 4) is 0 Å². The second kappa shape index (κ2) is 6.19. The van der Waals surface area contributed by atoms with E-state index in [0.717, 1.165) is 10.6 Å². The Kier molecular flexibility index (Phi) is 4.11. The maximum Gasteiger partial charge on any atom is 0.414 e. The average Bonchev–Trinajstić information content (AvgIpc) is 3.18. The number of nitrogens with one attached hydrogen (secondary N) is 1. The summed E-state index contributed by atoms with van der Waals surface area (Å²) in [4.78, 5) is 26.4. The Morgan fingerprint density at radius 2 is 2.09 bits per heavy atom. The zero-order valence-corrected chi connectivity index (χ0v) is 12.9. The van der Waals surface area contributed by atoms with Gasteiger partial charge < -0.3 is 10.1 Å². The Morgan fingerprint density at radius 3 is 2.68 bits per heavy atom. The van der Waals surface area contributed by atoms with E-state index in [1.54, 1.807) is 40.5 Å². The molecule has 1 N–H and O–H groups in total. The number of anilines is 1. The SMILES string of the molecule is C[C@H](NC(=O)c1ccc(N2CCOC2=O)cc1)c1cccs1. The number of carbonyl (C=O) groups excluding carboxylic acids is 2. The zero-order chi connectivity index (χ0) is 15.5. The number of carbonyl (C=O) groups is 2. The van der Waals surface area contributed by atoms with Crippen LogP contribution in [0.3, 0.4) is 0 Å². The first-order valence-electron chi connectivity index (χ1n) is 7.04. The predicted molar refractivity (Wildman–Crippen MR) is 85.3 cm³/mol. The van der Waals surface area contributed by atoms with Crippen LogP contribution in [0.2, 0.25) is 0 Å². The van der Waals surface area contributed by atoms with Gasteiger partial charge in [0.2, 0.25) is 0 Å². The van der Waals surface area contributed by atoms with Crippen molar-refractivity contribution in [1.82, 2.24) is 5.32 Å². The molecule has 0 aliphatic carbocycles. The number of hydrogen-bond acceptors (Lipinski definition) is 4. The first kappa shape index (κ1) is 14.6. The highest BCUT2D eigenvalue weighted by Gasteiger charge is 2.23. The summed E-state index contributed by atoms with van der Waals surface area (Å²) in [6.07, 6.45) is -0.344. The minimum Gasteiger partial charge on any atom is -0.447 e. The summed E-state index contributed by atoms with van der Waals surface area (Å²) in [7, 11) is 0. The lowest BCUT2D eigenvalue weighted by atomic mass is 10.1. The van der Waals surface area contributed by atoms with Crippen LogP contribution in [-0.2, 0) is 4.74 Å². The van der Waals surface area contributed by atoms with Crippen LogP contribution < -0.4 is 10.2 Å². The highest BCUT2D eigenvalue weighted by Crippen LogP contribution is 2.21. The van der Waals surface area contributed by atoms with E-state index >= 15 is 0 Å². The van der Waals surface area contributed by atoms with Crippen molar-refractivity contribution in [3.63, 3.8) is 0 Å². The highest BCUT2D eigenvalue weighted by molar-refractivity contribution is 7.10. The maximum absolute atomic E-state index is 12.2. The molecule has 6 heteroatoms. The second-order valence-corrected chi connectivity index (χ2v) is 6.00. The summed E-state index contributed by atoms with van der Waals surface area (Å²) < 4.78 is 4.90. The van der Waals surface area contributed by atoms with E-state index in [1.807, 2.05) is 24.4 Å². The van der Waals surface area contributed by atoms with Crippen LogP contribution >= 0.6 is 11.3 Å². The van der Waals surface area contributed by atoms with Gasteiger partial charge in [-0.05, 0) is 42.6 Å². The van der Waals surface area contributed by atoms with Crippen LogP contribution in [0, 0.1) is 0 Å². The van der Waals surface area contributed by atoms with Gasteiger partial charge in [0.05, 0.1) is 12.6 Å². The number of hydrogen-bond donors (Lipinski definition) is 1. The Labute approximate surface area is 132 Å². The molecule has 2 amide bonds. The van der Waals surface area contributed by atoms with E-state index < -0.39 is 0 Å². The number of thiophene rings is 1. The average molecular weight is 316 g/mol. The Balaban J connectivity index is 1.67. The van der Waals surface area contributed by atoms with Crippen molar-refractivity contribution < 1.29 is 14.3 Å². The second-order valence-electron chi connectivity index (χ2n) is 5.02. The minimum absolute atomic E-state index is 0.0271. The van der Waals surface area contributed by atoms with Crippen LogP contribution in [0.25, 0.3) is 0 Å². The summed E-state index contributed by atoms with van der Waals surface area (Å²) in [5.41, 5.74) is 1.31. The van der Waals surface area contributed by atoms with E-state index in [1.165, 1.54) is 0 Å². The molecule has 3 rings (SSSR count). The van der Waals surface area contributed by atoms with Gasteiger partial charge in [0.1, 0.15) is 6.61 Å². The normalized spacial score (nSPS) is 15.5. The molecule has 22 heavy (non-hydrogen) atoms. The first-order valence-corrected chi connectivity index (χ1v) is 7.92. The van der Waals surface area contributed by atoms with Crippen LogP contribution in [0.1, 0.15) is 28.2 Å². The number of ether oxygens (including phenoxy) is 1. The van der Waals surface area contributed by atoms with Crippen molar-refractivity contribution in [1.29, 1.82) is 0 Å². The third-order valence-electron chi connectivity index (χ3n) is 3.52. The van der Waals surface area contributed by atoms with Gasteiger partial charge in [0.25, 0.3) is 5.91 Å². The van der Waals surface area contributed by atoms with Gasteiger partial charge in [-0.2, -0.15) is 0 Å². The minimum atomic E-state index is -0.344. The molecule has 1 aliphatic heterocycles. The molecule has 1 atom stereocenters. The summed E-state index contributed by atoms with van der Waals surface area (Å²) in [6, 6.07) is 10.9. The van der Waals surface area contributed by atoms with Crippen molar-refractivity contribution in [2.75, 3.05) is 18.1 Å². The summed E-state index contributed by atoms with van der Waals surface area (Å²) in [5, 5.41) is 4.95. The molecule has 0 saturated carbocycles. The lowest BCUT2D eigenvalue weighted by molar-refractivity contribution is 0.0940. The number of rotatable bonds is 4. The lowest BCUT2D eigenvalue weighted by Gasteiger charge is -2.14. The molecule has 1 aliphatic rings. The number of amides is 2. The van der Waals surface area contributed by atoms with Crippen LogP contribution in [0.5, 0.6) is 0 Å². The number of cyclic esters (lactones) is 1. The summed E-state index contributed by atoms with van der Waals surface area (Å²) >= 11 is 1.61. The predicted octanol–water partition coefficient (Wildman–Crippen LogP) is 3.20. The highest BCUT2D eigenvalue weighted by atomic mass is 32.1. The number of benzene rings is 1. The molecular formula is C16H16N2O3S.